The third kappa shape index (κ3) is 5.38. The van der Waals surface area contributed by atoms with Crippen LogP contribution in [-0.4, -0.2) is 17.5 Å². The van der Waals surface area contributed by atoms with Crippen molar-refractivity contribution in [3.05, 3.63) is 70.2 Å². The molecule has 0 bridgehead atoms. The number of aromatic nitrogens is 1. The highest BCUT2D eigenvalue weighted by Crippen LogP contribution is 2.24. The molecule has 1 amide bonds. The molecule has 0 saturated heterocycles. The molecule has 0 fully saturated rings. The van der Waals surface area contributed by atoms with Crippen molar-refractivity contribution < 1.29 is 18.3 Å². The number of ether oxygens (including phenoxy) is 1. The molecule has 0 aliphatic heterocycles. The number of halogens is 3. The number of hydrogen-bond donors (Lipinski definition) is 2. The highest BCUT2D eigenvalue weighted by Gasteiger charge is 2.12. The van der Waals surface area contributed by atoms with Gasteiger partial charge in [-0.2, -0.15) is 8.78 Å². The molecule has 0 atom stereocenters. The molecule has 0 spiro atoms. The van der Waals surface area contributed by atoms with Crippen LogP contribution in [0.1, 0.15) is 16.1 Å². The van der Waals surface area contributed by atoms with Crippen molar-refractivity contribution in [3.8, 4) is 5.75 Å². The zero-order valence-corrected chi connectivity index (χ0v) is 15.4. The number of thiazole rings is 1. The number of nitrogens with zero attached hydrogens (tertiary/aromatic N) is 1. The second-order valence-corrected chi connectivity index (χ2v) is 6.61. The summed E-state index contributed by atoms with van der Waals surface area (Å²) < 4.78 is 28.6. The lowest BCUT2D eigenvalue weighted by Crippen LogP contribution is -2.23. The minimum absolute atomic E-state index is 0.0642. The minimum Gasteiger partial charge on any atom is -0.435 e. The molecule has 27 heavy (non-hydrogen) atoms. The molecule has 0 saturated carbocycles. The van der Waals surface area contributed by atoms with Gasteiger partial charge < -0.3 is 15.4 Å². The van der Waals surface area contributed by atoms with Gasteiger partial charge in [0, 0.05) is 22.6 Å². The zero-order chi connectivity index (χ0) is 19.2. The van der Waals surface area contributed by atoms with Gasteiger partial charge in [0.25, 0.3) is 5.91 Å². The summed E-state index contributed by atoms with van der Waals surface area (Å²) in [5.74, 6) is -0.255. The Morgan fingerprint density at radius 3 is 2.63 bits per heavy atom. The van der Waals surface area contributed by atoms with Gasteiger partial charge in [-0.3, -0.25) is 4.79 Å². The van der Waals surface area contributed by atoms with Crippen LogP contribution >= 0.6 is 22.9 Å². The summed E-state index contributed by atoms with van der Waals surface area (Å²) in [6, 6.07) is 13.2. The van der Waals surface area contributed by atoms with E-state index in [2.05, 4.69) is 20.4 Å². The van der Waals surface area contributed by atoms with Crippen LogP contribution in [0.3, 0.4) is 0 Å². The molecule has 140 valence electrons. The van der Waals surface area contributed by atoms with Crippen molar-refractivity contribution in [3.63, 3.8) is 0 Å². The quantitative estimate of drug-likeness (QED) is 0.571. The van der Waals surface area contributed by atoms with Crippen LogP contribution in [0.2, 0.25) is 5.02 Å². The largest absolute Gasteiger partial charge is 0.435 e. The molecule has 9 heteroatoms. The number of carbonyl (C=O) groups is 1. The average Bonchev–Trinajstić information content (AvgIpc) is 3.11. The number of nitrogens with one attached hydrogen (secondary N) is 2. The fourth-order valence-corrected chi connectivity index (χ4v) is 3.10. The minimum atomic E-state index is -2.87. The summed E-state index contributed by atoms with van der Waals surface area (Å²) in [5.41, 5.74) is 1.72. The summed E-state index contributed by atoms with van der Waals surface area (Å²) in [6.45, 7) is -2.57. The van der Waals surface area contributed by atoms with Crippen LogP contribution in [0.15, 0.2) is 53.9 Å². The second kappa shape index (κ2) is 8.79. The molecule has 2 aromatic carbocycles. The number of alkyl halides is 2. The van der Waals surface area contributed by atoms with Crippen molar-refractivity contribution in [2.75, 3.05) is 5.32 Å². The van der Waals surface area contributed by atoms with Crippen LogP contribution in [-0.2, 0) is 6.54 Å². The number of amides is 1. The molecule has 1 heterocycles. The summed E-state index contributed by atoms with van der Waals surface area (Å²) in [4.78, 5) is 16.4. The predicted octanol–water partition coefficient (Wildman–Crippen LogP) is 5.07. The van der Waals surface area contributed by atoms with Gasteiger partial charge >= 0.3 is 6.61 Å². The van der Waals surface area contributed by atoms with E-state index in [1.807, 2.05) is 18.2 Å². The maximum absolute atomic E-state index is 12.2. The first-order valence-electron chi connectivity index (χ1n) is 7.80. The summed E-state index contributed by atoms with van der Waals surface area (Å²) in [5, 5.41) is 8.48. The molecular formula is C18H14ClF2N3O2S. The van der Waals surface area contributed by atoms with Gasteiger partial charge in [0.15, 0.2) is 5.13 Å². The molecule has 3 aromatic rings. The third-order valence-corrected chi connectivity index (χ3v) is 4.59. The van der Waals surface area contributed by atoms with Gasteiger partial charge in [-0.25, -0.2) is 4.98 Å². The van der Waals surface area contributed by atoms with Crippen molar-refractivity contribution in [1.82, 2.24) is 10.3 Å². The van der Waals surface area contributed by atoms with E-state index in [4.69, 9.17) is 11.6 Å². The van der Waals surface area contributed by atoms with E-state index in [1.54, 1.807) is 23.6 Å². The molecule has 0 aliphatic rings. The number of hydrogen-bond acceptors (Lipinski definition) is 5. The monoisotopic (exact) mass is 409 g/mol. The van der Waals surface area contributed by atoms with E-state index in [-0.39, 0.29) is 17.4 Å². The molecule has 5 nitrogen and oxygen atoms in total. The first-order chi connectivity index (χ1) is 13.0. The molecule has 0 radical (unpaired) electrons. The van der Waals surface area contributed by atoms with E-state index >= 15 is 0 Å². The standard InChI is InChI=1S/C18H14ClF2N3O2S/c19-14-4-2-1-3-11(14)9-22-16(25)15-10-27-18(24-15)23-12-5-7-13(8-6-12)26-17(20)21/h1-8,10,17H,9H2,(H,22,25)(H,23,24). The first-order valence-corrected chi connectivity index (χ1v) is 9.06. The Bertz CT molecular complexity index is 919. The summed E-state index contributed by atoms with van der Waals surface area (Å²) >= 11 is 7.31. The maximum atomic E-state index is 12.2. The van der Waals surface area contributed by atoms with Gasteiger partial charge in [0.2, 0.25) is 0 Å². The summed E-state index contributed by atoms with van der Waals surface area (Å²) in [6.07, 6.45) is 0. The highest BCUT2D eigenvalue weighted by molar-refractivity contribution is 7.14. The lowest BCUT2D eigenvalue weighted by atomic mass is 10.2. The Morgan fingerprint density at radius 1 is 1.19 bits per heavy atom. The summed E-state index contributed by atoms with van der Waals surface area (Å²) in [7, 11) is 0. The van der Waals surface area contributed by atoms with Crippen molar-refractivity contribution in [1.29, 1.82) is 0 Å². The molecule has 3 rings (SSSR count). The predicted molar refractivity (Wildman–Crippen MR) is 101 cm³/mol. The number of carbonyl (C=O) groups excluding carboxylic acids is 1. The van der Waals surface area contributed by atoms with E-state index < -0.39 is 6.61 Å². The molecule has 0 aliphatic carbocycles. The van der Waals surface area contributed by atoms with Gasteiger partial charge in [-0.05, 0) is 35.9 Å². The normalized spacial score (nSPS) is 10.7. The van der Waals surface area contributed by atoms with Crippen LogP contribution in [0.4, 0.5) is 19.6 Å². The topological polar surface area (TPSA) is 63.2 Å². The Morgan fingerprint density at radius 2 is 1.93 bits per heavy atom. The van der Waals surface area contributed by atoms with Crippen LogP contribution in [0.5, 0.6) is 5.75 Å². The number of rotatable bonds is 7. The zero-order valence-electron chi connectivity index (χ0n) is 13.8. The second-order valence-electron chi connectivity index (χ2n) is 5.34. The molecule has 0 unspecified atom stereocenters. The average molecular weight is 410 g/mol. The first kappa shape index (κ1) is 19.1. The molecule has 1 aromatic heterocycles. The Kier molecular flexibility index (Phi) is 6.20. The molecule has 2 N–H and O–H groups in total. The Hall–Kier alpha value is -2.71. The maximum Gasteiger partial charge on any atom is 0.387 e. The van der Waals surface area contributed by atoms with Crippen molar-refractivity contribution in [2.24, 2.45) is 0 Å². The molecular weight excluding hydrogens is 396 g/mol. The Balaban J connectivity index is 1.57. The number of anilines is 2. The van der Waals surface area contributed by atoms with Crippen LogP contribution in [0.25, 0.3) is 0 Å². The Labute approximate surface area is 163 Å². The van der Waals surface area contributed by atoms with Crippen LogP contribution < -0.4 is 15.4 Å². The van der Waals surface area contributed by atoms with E-state index in [1.165, 1.54) is 23.5 Å². The van der Waals surface area contributed by atoms with E-state index in [0.29, 0.717) is 22.4 Å². The van der Waals surface area contributed by atoms with Gasteiger partial charge in [-0.1, -0.05) is 29.8 Å². The number of benzene rings is 2. The fraction of sp³-hybridized carbons (Fsp3) is 0.111. The lowest BCUT2D eigenvalue weighted by molar-refractivity contribution is -0.0498. The highest BCUT2D eigenvalue weighted by atomic mass is 35.5. The van der Waals surface area contributed by atoms with Crippen molar-refractivity contribution in [2.45, 2.75) is 13.2 Å². The van der Waals surface area contributed by atoms with E-state index in [0.717, 1.165) is 5.56 Å². The fourth-order valence-electron chi connectivity index (χ4n) is 2.19. The van der Waals surface area contributed by atoms with Gasteiger partial charge in [0.1, 0.15) is 11.4 Å². The van der Waals surface area contributed by atoms with Gasteiger partial charge in [0.05, 0.1) is 0 Å². The SMILES string of the molecule is O=C(NCc1ccccc1Cl)c1csc(Nc2ccc(OC(F)F)cc2)n1. The van der Waals surface area contributed by atoms with E-state index in [9.17, 15) is 13.6 Å². The van der Waals surface area contributed by atoms with Gasteiger partial charge in [-0.15, -0.1) is 11.3 Å². The smallest absolute Gasteiger partial charge is 0.387 e. The van der Waals surface area contributed by atoms with Crippen LogP contribution in [0, 0.1) is 0 Å². The third-order valence-electron chi connectivity index (χ3n) is 3.46. The lowest BCUT2D eigenvalue weighted by Gasteiger charge is -2.06. The van der Waals surface area contributed by atoms with Crippen molar-refractivity contribution >= 4 is 39.7 Å².